The zero-order valence-electron chi connectivity index (χ0n) is 22.0. The van der Waals surface area contributed by atoms with Gasteiger partial charge >= 0.3 is 21.2 Å². The molecule has 0 bridgehead atoms. The highest BCUT2D eigenvalue weighted by Crippen LogP contribution is 2.68. The molecule has 1 aliphatic rings. The first kappa shape index (κ1) is 35.0. The van der Waals surface area contributed by atoms with Crippen LogP contribution < -0.4 is 4.90 Å². The van der Waals surface area contributed by atoms with Crippen molar-refractivity contribution in [3.8, 4) is 0 Å². The molecule has 0 radical (unpaired) electrons. The number of halogens is 2. The van der Waals surface area contributed by atoms with Crippen LogP contribution in [0.1, 0.15) is 24.8 Å². The molecule has 1 fully saturated rings. The lowest BCUT2D eigenvalue weighted by Crippen LogP contribution is -2.50. The van der Waals surface area contributed by atoms with Crippen molar-refractivity contribution in [3.63, 3.8) is 0 Å². The molecule has 0 aliphatic carbocycles. The number of carbonyl (C=O) groups excluding carboxylic acids is 2. The predicted molar refractivity (Wildman–Crippen MR) is 151 cm³/mol. The monoisotopic (exact) mass is 647 g/mol. The number of carbonyl (C=O) groups is 2. The Morgan fingerprint density at radius 3 is 2.00 bits per heavy atom. The molecular formula is C23H37Cl2N3O10P2. The SMILES string of the molecule is O=C(CCCc1ccc(N(CCCl)CCCl)cc1)OCC(=O)N1CCN(CCC(O)(P(=O)(O)O)P(=O)(O)O)CC1. The van der Waals surface area contributed by atoms with Gasteiger partial charge < -0.3 is 39.2 Å². The van der Waals surface area contributed by atoms with Gasteiger partial charge in [-0.25, -0.2) is 0 Å². The molecule has 0 saturated carbocycles. The highest BCUT2D eigenvalue weighted by molar-refractivity contribution is 7.72. The van der Waals surface area contributed by atoms with Gasteiger partial charge in [-0.1, -0.05) is 12.1 Å². The largest absolute Gasteiger partial charge is 0.456 e. The third-order valence-electron chi connectivity index (χ3n) is 6.63. The number of piperazine rings is 1. The van der Waals surface area contributed by atoms with E-state index in [9.17, 15) is 43.4 Å². The third-order valence-corrected chi connectivity index (χ3v) is 10.8. The molecule has 1 aromatic rings. The van der Waals surface area contributed by atoms with Crippen LogP contribution in [-0.2, 0) is 29.9 Å². The average molecular weight is 648 g/mol. The second kappa shape index (κ2) is 15.8. The minimum absolute atomic E-state index is 0.148. The van der Waals surface area contributed by atoms with E-state index in [1.807, 2.05) is 24.3 Å². The Balaban J connectivity index is 1.70. The van der Waals surface area contributed by atoms with Gasteiger partial charge in [0.1, 0.15) is 0 Å². The molecule has 17 heteroatoms. The fourth-order valence-electron chi connectivity index (χ4n) is 4.18. The number of ether oxygens (including phenoxy) is 1. The Bertz CT molecular complexity index is 1030. The molecule has 0 unspecified atom stereocenters. The van der Waals surface area contributed by atoms with Crippen LogP contribution in [0.2, 0.25) is 0 Å². The summed E-state index contributed by atoms with van der Waals surface area (Å²) in [5.74, 6) is 0.0971. The molecule has 5 N–H and O–H groups in total. The number of hydrogen-bond acceptors (Lipinski definition) is 8. The number of esters is 1. The van der Waals surface area contributed by atoms with Crippen molar-refractivity contribution in [1.29, 1.82) is 0 Å². The Morgan fingerprint density at radius 1 is 0.950 bits per heavy atom. The van der Waals surface area contributed by atoms with Gasteiger partial charge in [0.25, 0.3) is 11.0 Å². The first-order valence-corrected chi connectivity index (χ1v) is 17.0. The van der Waals surface area contributed by atoms with E-state index in [1.54, 1.807) is 4.90 Å². The minimum atomic E-state index is -5.52. The summed E-state index contributed by atoms with van der Waals surface area (Å²) in [6.07, 6.45) is 0.510. The number of rotatable bonds is 16. The summed E-state index contributed by atoms with van der Waals surface area (Å²) < 4.78 is 28.1. The van der Waals surface area contributed by atoms with Gasteiger partial charge in [0.15, 0.2) is 6.61 Å². The van der Waals surface area contributed by atoms with Crippen molar-refractivity contribution in [2.75, 3.05) is 69.1 Å². The highest BCUT2D eigenvalue weighted by Gasteiger charge is 2.59. The summed E-state index contributed by atoms with van der Waals surface area (Å²) in [5.41, 5.74) is 2.08. The first-order valence-electron chi connectivity index (χ1n) is 12.7. The van der Waals surface area contributed by atoms with Gasteiger partial charge in [-0.2, -0.15) is 0 Å². The van der Waals surface area contributed by atoms with Gasteiger partial charge in [-0.15, -0.1) is 23.2 Å². The molecule has 13 nitrogen and oxygen atoms in total. The van der Waals surface area contributed by atoms with E-state index in [-0.39, 0.29) is 39.1 Å². The van der Waals surface area contributed by atoms with E-state index in [0.29, 0.717) is 37.7 Å². The van der Waals surface area contributed by atoms with Gasteiger partial charge in [-0.05, 0) is 30.5 Å². The average Bonchev–Trinajstić information content (AvgIpc) is 2.89. The number of alkyl halides is 2. The van der Waals surface area contributed by atoms with Crippen LogP contribution in [-0.4, -0.2) is 116 Å². The van der Waals surface area contributed by atoms with E-state index in [4.69, 9.17) is 27.9 Å². The van der Waals surface area contributed by atoms with Crippen LogP contribution in [0.4, 0.5) is 5.69 Å². The highest BCUT2D eigenvalue weighted by atomic mass is 35.5. The Morgan fingerprint density at radius 2 is 1.50 bits per heavy atom. The standard InChI is InChI=1S/C23H37Cl2N3O10P2/c24-9-12-27(13-10-25)20-6-4-19(5-7-20)2-1-3-22(30)38-18-21(29)28-16-14-26(15-17-28)11-8-23(31,39(32,33)34)40(35,36)37/h4-7,31H,1-3,8-18H2,(H2,32,33,34)(H2,35,36,37). The summed E-state index contributed by atoms with van der Waals surface area (Å²) in [6.45, 7) is 1.67. The first-order chi connectivity index (χ1) is 18.7. The Hall–Kier alpha value is -1.24. The van der Waals surface area contributed by atoms with Crippen LogP contribution in [0.5, 0.6) is 0 Å². The number of aliphatic hydroxyl groups is 1. The van der Waals surface area contributed by atoms with Gasteiger partial charge in [-0.3, -0.25) is 23.6 Å². The number of aryl methyl sites for hydroxylation is 1. The van der Waals surface area contributed by atoms with Crippen molar-refractivity contribution in [3.05, 3.63) is 29.8 Å². The summed E-state index contributed by atoms with van der Waals surface area (Å²) in [4.78, 5) is 66.7. The summed E-state index contributed by atoms with van der Waals surface area (Å²) in [5, 5.41) is 6.52. The van der Waals surface area contributed by atoms with Gasteiger partial charge in [0.2, 0.25) is 0 Å². The number of nitrogens with zero attached hydrogens (tertiary/aromatic N) is 3. The number of hydrogen-bond donors (Lipinski definition) is 5. The smallest absolute Gasteiger partial charge is 0.369 e. The normalized spacial score (nSPS) is 15.2. The van der Waals surface area contributed by atoms with Crippen LogP contribution in [0.25, 0.3) is 0 Å². The summed E-state index contributed by atoms with van der Waals surface area (Å²) in [7, 11) is -11.0. The minimum Gasteiger partial charge on any atom is -0.456 e. The molecule has 228 valence electrons. The van der Waals surface area contributed by atoms with Crippen molar-refractivity contribution in [1.82, 2.24) is 9.80 Å². The molecule has 0 atom stereocenters. The zero-order valence-corrected chi connectivity index (χ0v) is 25.3. The fourth-order valence-corrected chi connectivity index (χ4v) is 6.73. The molecule has 0 spiro atoms. The fraction of sp³-hybridized carbons (Fsp3) is 0.652. The van der Waals surface area contributed by atoms with Crippen LogP contribution in [0.15, 0.2) is 24.3 Å². The molecule has 1 aliphatic heterocycles. The van der Waals surface area contributed by atoms with Crippen LogP contribution in [0, 0.1) is 0 Å². The lowest BCUT2D eigenvalue weighted by Gasteiger charge is -2.36. The number of amides is 1. The molecule has 40 heavy (non-hydrogen) atoms. The predicted octanol–water partition coefficient (Wildman–Crippen LogP) is 1.37. The molecule has 2 rings (SSSR count). The Labute approximate surface area is 243 Å². The molecule has 1 amide bonds. The zero-order chi connectivity index (χ0) is 30.0. The van der Waals surface area contributed by atoms with Crippen molar-refractivity contribution < 1.29 is 48.1 Å². The van der Waals surface area contributed by atoms with Crippen molar-refractivity contribution >= 4 is 56.0 Å². The molecule has 0 aromatic heterocycles. The second-order valence-electron chi connectivity index (χ2n) is 9.38. The topological polar surface area (TPSA) is 188 Å². The van der Waals surface area contributed by atoms with Crippen LogP contribution in [0.3, 0.4) is 0 Å². The van der Waals surface area contributed by atoms with Crippen LogP contribution >= 0.6 is 38.4 Å². The third kappa shape index (κ3) is 10.2. The van der Waals surface area contributed by atoms with E-state index in [1.165, 1.54) is 4.90 Å². The molecule has 1 saturated heterocycles. The lowest BCUT2D eigenvalue weighted by atomic mass is 10.1. The second-order valence-corrected chi connectivity index (χ2v) is 14.1. The summed E-state index contributed by atoms with van der Waals surface area (Å²) >= 11 is 11.7. The van der Waals surface area contributed by atoms with Crippen molar-refractivity contribution in [2.24, 2.45) is 0 Å². The molecule has 1 heterocycles. The Kier molecular flexibility index (Phi) is 13.8. The van der Waals surface area contributed by atoms with Gasteiger partial charge in [0, 0.05) is 76.1 Å². The van der Waals surface area contributed by atoms with E-state index in [2.05, 4.69) is 4.90 Å². The number of benzene rings is 1. The molecular weight excluding hydrogens is 611 g/mol. The van der Waals surface area contributed by atoms with Gasteiger partial charge in [0.05, 0.1) is 0 Å². The summed E-state index contributed by atoms with van der Waals surface area (Å²) in [6, 6.07) is 7.94. The van der Waals surface area contributed by atoms with Crippen molar-refractivity contribution in [2.45, 2.75) is 30.8 Å². The van der Waals surface area contributed by atoms with E-state index < -0.39 is 45.2 Å². The van der Waals surface area contributed by atoms with E-state index in [0.717, 1.165) is 11.3 Å². The maximum atomic E-state index is 12.4. The maximum absolute atomic E-state index is 12.4. The van der Waals surface area contributed by atoms with E-state index >= 15 is 0 Å². The number of anilines is 1. The quantitative estimate of drug-likeness (QED) is 0.0986. The maximum Gasteiger partial charge on any atom is 0.369 e. The molecule has 1 aromatic carbocycles. The lowest BCUT2D eigenvalue weighted by molar-refractivity contribution is -0.152.